The van der Waals surface area contributed by atoms with Crippen LogP contribution in [0.1, 0.15) is 39.7 Å². The highest BCUT2D eigenvalue weighted by molar-refractivity contribution is 7.16. The third-order valence-corrected chi connectivity index (χ3v) is 6.03. The van der Waals surface area contributed by atoms with Gasteiger partial charge in [-0.05, 0) is 53.6 Å². The molecule has 0 saturated carbocycles. The van der Waals surface area contributed by atoms with Crippen molar-refractivity contribution in [2.24, 2.45) is 5.92 Å². The molecule has 1 N–H and O–H groups in total. The molecule has 4 heteroatoms. The molecule has 124 valence electrons. The summed E-state index contributed by atoms with van der Waals surface area (Å²) in [7, 11) is 0. The number of anilines is 1. The van der Waals surface area contributed by atoms with Crippen molar-refractivity contribution in [2.75, 3.05) is 5.32 Å². The standard InChI is InChI=1S/C21H18N2OS/c1-13-6-9-17-18(12-22)21(25-19(17)10-13)23-20(24)16-8-7-14-4-2-3-5-15(14)11-16/h2-5,7-8,11,13H,6,9-10H2,1H3,(H,23,24)/t13-/m0/s1. The van der Waals surface area contributed by atoms with Gasteiger partial charge in [-0.2, -0.15) is 5.26 Å². The predicted molar refractivity (Wildman–Crippen MR) is 102 cm³/mol. The molecule has 3 aromatic rings. The summed E-state index contributed by atoms with van der Waals surface area (Å²) >= 11 is 1.56. The number of carbonyl (C=O) groups is 1. The Morgan fingerprint density at radius 3 is 2.84 bits per heavy atom. The van der Waals surface area contributed by atoms with Crippen LogP contribution in [0.2, 0.25) is 0 Å². The normalized spacial score (nSPS) is 16.2. The maximum absolute atomic E-state index is 12.7. The van der Waals surface area contributed by atoms with Crippen LogP contribution in [0.5, 0.6) is 0 Å². The Morgan fingerprint density at radius 1 is 1.24 bits per heavy atom. The molecule has 3 nitrogen and oxygen atoms in total. The fourth-order valence-electron chi connectivity index (χ4n) is 3.46. The molecular formula is C21H18N2OS. The second kappa shape index (κ2) is 6.34. The number of nitrogens with one attached hydrogen (secondary N) is 1. The zero-order valence-corrected chi connectivity index (χ0v) is 14.8. The molecule has 0 spiro atoms. The van der Waals surface area contributed by atoms with Gasteiger partial charge < -0.3 is 5.32 Å². The van der Waals surface area contributed by atoms with E-state index in [1.807, 2.05) is 42.5 Å². The molecular weight excluding hydrogens is 328 g/mol. The van der Waals surface area contributed by atoms with Crippen LogP contribution in [0, 0.1) is 17.2 Å². The minimum absolute atomic E-state index is 0.158. The minimum Gasteiger partial charge on any atom is -0.312 e. The van der Waals surface area contributed by atoms with E-state index >= 15 is 0 Å². The number of rotatable bonds is 2. The Hall–Kier alpha value is -2.64. The molecule has 1 heterocycles. The largest absolute Gasteiger partial charge is 0.312 e. The fraction of sp³-hybridized carbons (Fsp3) is 0.238. The zero-order chi connectivity index (χ0) is 17.4. The Balaban J connectivity index is 1.65. The van der Waals surface area contributed by atoms with Gasteiger partial charge in [-0.1, -0.05) is 37.3 Å². The SMILES string of the molecule is C[C@H]1CCc2c(sc(NC(=O)c3ccc4ccccc4c3)c2C#N)C1. The fourth-order valence-corrected chi connectivity index (χ4v) is 4.82. The molecule has 0 aliphatic heterocycles. The summed E-state index contributed by atoms with van der Waals surface area (Å²) in [5.41, 5.74) is 2.41. The quantitative estimate of drug-likeness (QED) is 0.697. The van der Waals surface area contributed by atoms with Crippen LogP contribution >= 0.6 is 11.3 Å². The van der Waals surface area contributed by atoms with Gasteiger partial charge in [0.25, 0.3) is 5.91 Å². The van der Waals surface area contributed by atoms with Crippen LogP contribution in [-0.4, -0.2) is 5.91 Å². The van der Waals surface area contributed by atoms with Crippen molar-refractivity contribution in [3.05, 3.63) is 64.0 Å². The van der Waals surface area contributed by atoms with Crippen LogP contribution in [0.25, 0.3) is 10.8 Å². The molecule has 0 unspecified atom stereocenters. The van der Waals surface area contributed by atoms with E-state index in [0.717, 1.165) is 35.6 Å². The first kappa shape index (κ1) is 15.9. The molecule has 25 heavy (non-hydrogen) atoms. The van der Waals surface area contributed by atoms with Crippen LogP contribution in [-0.2, 0) is 12.8 Å². The predicted octanol–water partition coefficient (Wildman–Crippen LogP) is 5.15. The zero-order valence-electron chi connectivity index (χ0n) is 14.0. The topological polar surface area (TPSA) is 52.9 Å². The third-order valence-electron chi connectivity index (χ3n) is 4.86. The highest BCUT2D eigenvalue weighted by Crippen LogP contribution is 2.39. The Kier molecular flexibility index (Phi) is 4.03. The lowest BCUT2D eigenvalue weighted by atomic mass is 9.88. The molecule has 0 radical (unpaired) electrons. The van der Waals surface area contributed by atoms with Gasteiger partial charge in [0.2, 0.25) is 0 Å². The molecule has 1 aliphatic carbocycles. The van der Waals surface area contributed by atoms with Gasteiger partial charge in [0, 0.05) is 10.4 Å². The van der Waals surface area contributed by atoms with Crippen molar-refractivity contribution >= 4 is 33.0 Å². The number of nitrogens with zero attached hydrogens (tertiary/aromatic N) is 1. The summed E-state index contributed by atoms with van der Waals surface area (Å²) in [5.74, 6) is 0.482. The van der Waals surface area contributed by atoms with E-state index in [4.69, 9.17) is 0 Å². The lowest BCUT2D eigenvalue weighted by Crippen LogP contribution is -2.12. The third kappa shape index (κ3) is 2.92. The number of carbonyl (C=O) groups excluding carboxylic acids is 1. The molecule has 1 amide bonds. The van der Waals surface area contributed by atoms with E-state index in [0.29, 0.717) is 22.0 Å². The van der Waals surface area contributed by atoms with Gasteiger partial charge >= 0.3 is 0 Å². The lowest BCUT2D eigenvalue weighted by molar-refractivity contribution is 0.102. The van der Waals surface area contributed by atoms with Crippen molar-refractivity contribution in [3.63, 3.8) is 0 Å². The first-order chi connectivity index (χ1) is 12.2. The number of amides is 1. The van der Waals surface area contributed by atoms with Gasteiger partial charge in [0.15, 0.2) is 0 Å². The monoisotopic (exact) mass is 346 g/mol. The van der Waals surface area contributed by atoms with Crippen LogP contribution in [0.4, 0.5) is 5.00 Å². The van der Waals surface area contributed by atoms with E-state index in [1.54, 1.807) is 11.3 Å². The molecule has 0 fully saturated rings. The molecule has 2 aromatic carbocycles. The molecule has 1 atom stereocenters. The highest BCUT2D eigenvalue weighted by Gasteiger charge is 2.24. The summed E-state index contributed by atoms with van der Waals surface area (Å²) in [6.45, 7) is 2.24. The van der Waals surface area contributed by atoms with Crippen molar-refractivity contribution in [1.29, 1.82) is 5.26 Å². The van der Waals surface area contributed by atoms with Gasteiger partial charge in [0.05, 0.1) is 5.56 Å². The maximum atomic E-state index is 12.7. The van der Waals surface area contributed by atoms with Gasteiger partial charge in [-0.15, -0.1) is 11.3 Å². The second-order valence-electron chi connectivity index (χ2n) is 6.68. The van der Waals surface area contributed by atoms with Crippen LogP contribution < -0.4 is 5.32 Å². The molecule has 1 aliphatic rings. The second-order valence-corrected chi connectivity index (χ2v) is 7.79. The Labute approximate surface area is 150 Å². The van der Waals surface area contributed by atoms with Crippen LogP contribution in [0.3, 0.4) is 0 Å². The van der Waals surface area contributed by atoms with E-state index in [2.05, 4.69) is 18.3 Å². The minimum atomic E-state index is -0.158. The molecule has 0 saturated heterocycles. The number of thiophene rings is 1. The number of benzene rings is 2. The van der Waals surface area contributed by atoms with Crippen molar-refractivity contribution in [3.8, 4) is 6.07 Å². The van der Waals surface area contributed by atoms with E-state index in [1.165, 1.54) is 4.88 Å². The van der Waals surface area contributed by atoms with E-state index in [9.17, 15) is 10.1 Å². The summed E-state index contributed by atoms with van der Waals surface area (Å²) in [5, 5.41) is 15.4. The first-order valence-corrected chi connectivity index (χ1v) is 9.32. The van der Waals surface area contributed by atoms with Gasteiger partial charge in [0.1, 0.15) is 11.1 Å². The molecule has 0 bridgehead atoms. The number of hydrogen-bond acceptors (Lipinski definition) is 3. The Bertz CT molecular complexity index is 1010. The lowest BCUT2D eigenvalue weighted by Gasteiger charge is -2.17. The summed E-state index contributed by atoms with van der Waals surface area (Å²) in [6.07, 6.45) is 3.04. The van der Waals surface area contributed by atoms with Crippen molar-refractivity contribution < 1.29 is 4.79 Å². The summed E-state index contributed by atoms with van der Waals surface area (Å²) in [6, 6.07) is 16.0. The number of hydrogen-bond donors (Lipinski definition) is 1. The van der Waals surface area contributed by atoms with Crippen molar-refractivity contribution in [1.82, 2.24) is 0 Å². The summed E-state index contributed by atoms with van der Waals surface area (Å²) < 4.78 is 0. The maximum Gasteiger partial charge on any atom is 0.256 e. The van der Waals surface area contributed by atoms with Crippen LogP contribution in [0.15, 0.2) is 42.5 Å². The first-order valence-electron chi connectivity index (χ1n) is 8.50. The summed E-state index contributed by atoms with van der Waals surface area (Å²) in [4.78, 5) is 13.9. The van der Waals surface area contributed by atoms with Gasteiger partial charge in [-0.25, -0.2) is 0 Å². The number of nitriles is 1. The molecule has 1 aromatic heterocycles. The van der Waals surface area contributed by atoms with E-state index < -0.39 is 0 Å². The molecule has 4 rings (SSSR count). The van der Waals surface area contributed by atoms with Crippen molar-refractivity contribution in [2.45, 2.75) is 26.2 Å². The Morgan fingerprint density at radius 2 is 2.04 bits per heavy atom. The van der Waals surface area contributed by atoms with Gasteiger partial charge in [-0.3, -0.25) is 4.79 Å². The average Bonchev–Trinajstić information content (AvgIpc) is 2.97. The smallest absolute Gasteiger partial charge is 0.256 e. The highest BCUT2D eigenvalue weighted by atomic mass is 32.1. The average molecular weight is 346 g/mol. The van der Waals surface area contributed by atoms with E-state index in [-0.39, 0.29) is 5.91 Å². The number of fused-ring (bicyclic) bond motifs is 2.